The molecule has 1 aliphatic carbocycles. The summed E-state index contributed by atoms with van der Waals surface area (Å²) in [5.74, 6) is 1.10. The monoisotopic (exact) mass is 274 g/mol. The van der Waals surface area contributed by atoms with Crippen LogP contribution >= 0.6 is 0 Å². The van der Waals surface area contributed by atoms with Gasteiger partial charge in [0.15, 0.2) is 0 Å². The van der Waals surface area contributed by atoms with Crippen molar-refractivity contribution in [1.29, 1.82) is 0 Å². The van der Waals surface area contributed by atoms with Crippen molar-refractivity contribution < 1.29 is 14.3 Å². The van der Waals surface area contributed by atoms with Crippen molar-refractivity contribution in [3.63, 3.8) is 0 Å². The minimum Gasteiger partial charge on any atom is -0.426 e. The lowest BCUT2D eigenvalue weighted by Crippen LogP contribution is -2.25. The molecule has 1 aromatic rings. The van der Waals surface area contributed by atoms with E-state index in [1.54, 1.807) is 7.11 Å². The summed E-state index contributed by atoms with van der Waals surface area (Å²) in [5, 5.41) is 0. The second-order valence-corrected chi connectivity index (χ2v) is 5.35. The Morgan fingerprint density at radius 1 is 1.25 bits per heavy atom. The lowest BCUT2D eigenvalue weighted by Gasteiger charge is -2.24. The molecule has 3 nitrogen and oxygen atoms in total. The fraction of sp³-hybridized carbons (Fsp3) is 0.471. The number of esters is 1. The van der Waals surface area contributed by atoms with E-state index in [0.29, 0.717) is 18.3 Å². The topological polar surface area (TPSA) is 35.5 Å². The molecule has 20 heavy (non-hydrogen) atoms. The first-order chi connectivity index (χ1) is 9.72. The molecule has 108 valence electrons. The molecule has 0 saturated heterocycles. The highest BCUT2D eigenvalue weighted by molar-refractivity contribution is 5.75. The van der Waals surface area contributed by atoms with E-state index in [9.17, 15) is 4.79 Å². The molecule has 0 spiro atoms. The van der Waals surface area contributed by atoms with E-state index in [0.717, 1.165) is 31.2 Å². The van der Waals surface area contributed by atoms with E-state index in [-0.39, 0.29) is 11.9 Å². The Kier molecular flexibility index (Phi) is 5.36. The highest BCUT2D eigenvalue weighted by Crippen LogP contribution is 2.30. The smallest absolute Gasteiger partial charge is 0.314 e. The number of hydrogen-bond acceptors (Lipinski definition) is 3. The highest BCUT2D eigenvalue weighted by atomic mass is 16.5. The Morgan fingerprint density at radius 3 is 2.45 bits per heavy atom. The van der Waals surface area contributed by atoms with Gasteiger partial charge >= 0.3 is 5.97 Å². The maximum absolute atomic E-state index is 12.1. The lowest BCUT2D eigenvalue weighted by molar-refractivity contribution is -0.140. The van der Waals surface area contributed by atoms with Crippen LogP contribution in [-0.4, -0.2) is 13.1 Å². The van der Waals surface area contributed by atoms with Gasteiger partial charge < -0.3 is 9.47 Å². The fourth-order valence-corrected chi connectivity index (χ4v) is 2.61. The number of allylic oxidation sites excluding steroid dienone is 1. The third-order valence-corrected chi connectivity index (χ3v) is 3.89. The SMILES string of the molecule is C=C[C@H]1CC[C@H](C(=O)Oc2ccc(COC)cc2)CC1. The second-order valence-electron chi connectivity index (χ2n) is 5.35. The summed E-state index contributed by atoms with van der Waals surface area (Å²) < 4.78 is 10.5. The summed E-state index contributed by atoms with van der Waals surface area (Å²) in [5.41, 5.74) is 1.07. The van der Waals surface area contributed by atoms with Crippen LogP contribution in [0.3, 0.4) is 0 Å². The Bertz CT molecular complexity index is 442. The summed E-state index contributed by atoms with van der Waals surface area (Å²) in [6.45, 7) is 4.39. The molecule has 0 amide bonds. The van der Waals surface area contributed by atoms with E-state index in [1.165, 1.54) is 0 Å². The second kappa shape index (κ2) is 7.25. The van der Waals surface area contributed by atoms with Crippen molar-refractivity contribution in [3.05, 3.63) is 42.5 Å². The Morgan fingerprint density at radius 2 is 1.90 bits per heavy atom. The summed E-state index contributed by atoms with van der Waals surface area (Å²) >= 11 is 0. The van der Waals surface area contributed by atoms with Crippen molar-refractivity contribution in [1.82, 2.24) is 0 Å². The van der Waals surface area contributed by atoms with Crippen molar-refractivity contribution in [2.45, 2.75) is 32.3 Å². The Labute approximate surface area is 120 Å². The molecule has 0 bridgehead atoms. The van der Waals surface area contributed by atoms with Crippen LogP contribution < -0.4 is 4.74 Å². The number of methoxy groups -OCH3 is 1. The normalized spacial score (nSPS) is 22.2. The highest BCUT2D eigenvalue weighted by Gasteiger charge is 2.26. The van der Waals surface area contributed by atoms with E-state index < -0.39 is 0 Å². The molecule has 0 aliphatic heterocycles. The molecule has 0 N–H and O–H groups in total. The first-order valence-corrected chi connectivity index (χ1v) is 7.15. The Hall–Kier alpha value is -1.61. The van der Waals surface area contributed by atoms with Crippen molar-refractivity contribution in [2.24, 2.45) is 11.8 Å². The van der Waals surface area contributed by atoms with Gasteiger partial charge in [-0.3, -0.25) is 4.79 Å². The lowest BCUT2D eigenvalue weighted by atomic mass is 9.82. The minimum absolute atomic E-state index is 0.0323. The van der Waals surface area contributed by atoms with Crippen LogP contribution in [0.15, 0.2) is 36.9 Å². The quantitative estimate of drug-likeness (QED) is 0.466. The van der Waals surface area contributed by atoms with Crippen LogP contribution in [0, 0.1) is 11.8 Å². The molecule has 0 unspecified atom stereocenters. The van der Waals surface area contributed by atoms with Gasteiger partial charge in [-0.15, -0.1) is 6.58 Å². The van der Waals surface area contributed by atoms with Crippen LogP contribution in [0.5, 0.6) is 5.75 Å². The van der Waals surface area contributed by atoms with E-state index in [2.05, 4.69) is 6.58 Å². The maximum atomic E-state index is 12.1. The van der Waals surface area contributed by atoms with Gasteiger partial charge in [0.25, 0.3) is 0 Å². The van der Waals surface area contributed by atoms with Crippen LogP contribution in [-0.2, 0) is 16.1 Å². The van der Waals surface area contributed by atoms with Gasteiger partial charge in [-0.25, -0.2) is 0 Å². The largest absolute Gasteiger partial charge is 0.426 e. The van der Waals surface area contributed by atoms with Gasteiger partial charge in [0.2, 0.25) is 0 Å². The predicted molar refractivity (Wildman–Crippen MR) is 78.4 cm³/mol. The zero-order chi connectivity index (χ0) is 14.4. The number of carbonyl (C=O) groups is 1. The van der Waals surface area contributed by atoms with Gasteiger partial charge in [-0.2, -0.15) is 0 Å². The van der Waals surface area contributed by atoms with E-state index in [4.69, 9.17) is 9.47 Å². The van der Waals surface area contributed by atoms with Crippen LogP contribution in [0.25, 0.3) is 0 Å². The zero-order valence-corrected chi connectivity index (χ0v) is 12.0. The van der Waals surface area contributed by atoms with Gasteiger partial charge in [0.1, 0.15) is 5.75 Å². The van der Waals surface area contributed by atoms with Crippen molar-refractivity contribution >= 4 is 5.97 Å². The van der Waals surface area contributed by atoms with Gasteiger partial charge in [-0.1, -0.05) is 18.2 Å². The van der Waals surface area contributed by atoms with E-state index in [1.807, 2.05) is 30.3 Å². The molecule has 0 radical (unpaired) electrons. The molecule has 1 aromatic carbocycles. The third kappa shape index (κ3) is 3.94. The van der Waals surface area contributed by atoms with Gasteiger partial charge in [-0.05, 0) is 49.3 Å². The number of ether oxygens (including phenoxy) is 2. The molecule has 3 heteroatoms. The van der Waals surface area contributed by atoms with Gasteiger partial charge in [0.05, 0.1) is 12.5 Å². The van der Waals surface area contributed by atoms with Crippen molar-refractivity contribution in [3.8, 4) is 5.75 Å². The molecule has 0 heterocycles. The summed E-state index contributed by atoms with van der Waals surface area (Å²) in [6.07, 6.45) is 5.87. The molecule has 2 rings (SSSR count). The summed E-state index contributed by atoms with van der Waals surface area (Å²) in [4.78, 5) is 12.1. The first kappa shape index (κ1) is 14.8. The Balaban J connectivity index is 1.86. The summed E-state index contributed by atoms with van der Waals surface area (Å²) in [7, 11) is 1.66. The first-order valence-electron chi connectivity index (χ1n) is 7.15. The standard InChI is InChI=1S/C17H22O3/c1-3-13-4-8-15(9-5-13)17(18)20-16-10-6-14(7-11-16)12-19-2/h3,6-7,10-11,13,15H,1,4-5,8-9,12H2,2H3/t13-,15-. The van der Waals surface area contributed by atoms with Crippen LogP contribution in [0.4, 0.5) is 0 Å². The van der Waals surface area contributed by atoms with Crippen LogP contribution in [0.2, 0.25) is 0 Å². The average molecular weight is 274 g/mol. The molecule has 0 atom stereocenters. The zero-order valence-electron chi connectivity index (χ0n) is 12.0. The molecular formula is C17H22O3. The molecule has 1 aliphatic rings. The average Bonchev–Trinajstić information content (AvgIpc) is 2.49. The van der Waals surface area contributed by atoms with Crippen molar-refractivity contribution in [2.75, 3.05) is 7.11 Å². The number of hydrogen-bond donors (Lipinski definition) is 0. The maximum Gasteiger partial charge on any atom is 0.314 e. The number of benzene rings is 1. The fourth-order valence-electron chi connectivity index (χ4n) is 2.61. The predicted octanol–water partition coefficient (Wildman–Crippen LogP) is 3.73. The summed E-state index contributed by atoms with van der Waals surface area (Å²) in [6, 6.07) is 7.48. The minimum atomic E-state index is -0.105. The number of rotatable bonds is 5. The van der Waals surface area contributed by atoms with E-state index >= 15 is 0 Å². The van der Waals surface area contributed by atoms with Gasteiger partial charge in [0, 0.05) is 7.11 Å². The van der Waals surface area contributed by atoms with Crippen LogP contribution in [0.1, 0.15) is 31.2 Å². The molecule has 1 fully saturated rings. The third-order valence-electron chi connectivity index (χ3n) is 3.89. The molecular weight excluding hydrogens is 252 g/mol. The molecule has 0 aromatic heterocycles. The number of carbonyl (C=O) groups excluding carboxylic acids is 1. The molecule has 1 saturated carbocycles.